The summed E-state index contributed by atoms with van der Waals surface area (Å²) in [4.78, 5) is 0. The monoisotopic (exact) mass is 498 g/mol. The Morgan fingerprint density at radius 3 is 2.27 bits per heavy atom. The van der Waals surface area contributed by atoms with Crippen LogP contribution in [0.4, 0.5) is 0 Å². The molecule has 0 aromatic heterocycles. The van der Waals surface area contributed by atoms with Crippen molar-refractivity contribution in [2.45, 2.75) is 50.8 Å². The zero-order valence-corrected chi connectivity index (χ0v) is 20.5. The Bertz CT molecular complexity index is 958. The summed E-state index contributed by atoms with van der Waals surface area (Å²) in [6, 6.07) is 12.7. The van der Waals surface area contributed by atoms with Gasteiger partial charge in [-0.05, 0) is 41.3 Å². The van der Waals surface area contributed by atoms with Crippen LogP contribution in [0, 0.1) is 0 Å². The number of benzene rings is 2. The molecular weight excluding hydrogens is 467 g/mol. The van der Waals surface area contributed by atoms with Gasteiger partial charge in [0.25, 0.3) is 0 Å². The highest BCUT2D eigenvalue weighted by atomic mass is 35.5. The van der Waals surface area contributed by atoms with Crippen molar-refractivity contribution in [3.05, 3.63) is 64.2 Å². The summed E-state index contributed by atoms with van der Waals surface area (Å²) in [7, 11) is -2.28. The first-order valence-corrected chi connectivity index (χ1v) is 13.7. The molecule has 1 aliphatic heterocycles. The molecule has 2 aromatic rings. The van der Waals surface area contributed by atoms with E-state index in [9.17, 15) is 25.0 Å². The third kappa shape index (κ3) is 6.17. The van der Waals surface area contributed by atoms with Crippen LogP contribution in [0.1, 0.15) is 36.6 Å². The summed E-state index contributed by atoms with van der Waals surface area (Å²) in [6.45, 7) is 3.35. The third-order valence-corrected chi connectivity index (χ3v) is 9.50. The molecule has 3 rings (SSSR count). The Hall–Kier alpha value is -1.44. The van der Waals surface area contributed by atoms with Crippen LogP contribution < -0.4 is 4.74 Å². The lowest BCUT2D eigenvalue weighted by Gasteiger charge is -2.40. The molecule has 0 spiro atoms. The number of aliphatic hydroxyl groups excluding tert-OH is 4. The van der Waals surface area contributed by atoms with E-state index >= 15 is 0 Å². The molecule has 1 aliphatic rings. The molecule has 1 fully saturated rings. The van der Waals surface area contributed by atoms with Crippen molar-refractivity contribution in [2.24, 2.45) is 0 Å². The number of hydrogen-bond donors (Lipinski definition) is 4. The SMILES string of the molecule is CCP(=O)(CC)COc1ccc(Cc2cc([C@@H]3O[C@H](CO)[C@@H](O)[C@H](O)[C@H]3O)ccc2Cl)cc1. The third-order valence-electron chi connectivity index (χ3n) is 6.23. The zero-order valence-electron chi connectivity index (χ0n) is 18.8. The molecule has 0 radical (unpaired) electrons. The van der Waals surface area contributed by atoms with Gasteiger partial charge in [-0.1, -0.05) is 49.7 Å². The zero-order chi connectivity index (χ0) is 24.2. The quantitative estimate of drug-likeness (QED) is 0.392. The van der Waals surface area contributed by atoms with Gasteiger partial charge in [0, 0.05) is 17.3 Å². The summed E-state index contributed by atoms with van der Waals surface area (Å²) < 4.78 is 23.9. The van der Waals surface area contributed by atoms with Gasteiger partial charge in [0.15, 0.2) is 0 Å². The summed E-state index contributed by atoms with van der Waals surface area (Å²) in [5.74, 6) is 0.655. The van der Waals surface area contributed by atoms with Crippen molar-refractivity contribution in [1.29, 1.82) is 0 Å². The Labute approximate surface area is 199 Å². The average Bonchev–Trinajstić information content (AvgIpc) is 2.83. The maximum absolute atomic E-state index is 12.5. The van der Waals surface area contributed by atoms with Crippen LogP contribution in [0.25, 0.3) is 0 Å². The fraction of sp³-hybridized carbons (Fsp3) is 0.500. The van der Waals surface area contributed by atoms with Crippen LogP contribution in [0.2, 0.25) is 5.02 Å². The molecule has 0 bridgehead atoms. The van der Waals surface area contributed by atoms with Crippen molar-refractivity contribution in [1.82, 2.24) is 0 Å². The maximum atomic E-state index is 12.5. The van der Waals surface area contributed by atoms with Crippen molar-refractivity contribution in [2.75, 3.05) is 25.3 Å². The molecule has 0 unspecified atom stereocenters. The van der Waals surface area contributed by atoms with E-state index in [1.165, 1.54) is 0 Å². The Kier molecular flexibility index (Phi) is 8.98. The minimum atomic E-state index is -2.28. The first kappa shape index (κ1) is 26.2. The molecule has 5 atom stereocenters. The van der Waals surface area contributed by atoms with E-state index in [0.717, 1.165) is 11.1 Å². The highest BCUT2D eigenvalue weighted by Crippen LogP contribution is 2.44. The standard InChI is InChI=1S/C24H32ClO7P/c1-3-33(30,4-2)14-31-18-8-5-15(6-9-18)11-17-12-16(7-10-19(17)25)24-23(29)22(28)21(27)20(13-26)32-24/h5-10,12,20-24,26-29H,3-4,11,13-14H2,1-2H3/t20-,21-,22+,23-,24+/m1/s1. The second-order valence-electron chi connectivity index (χ2n) is 8.39. The van der Waals surface area contributed by atoms with Crippen LogP contribution >= 0.6 is 18.7 Å². The number of aliphatic hydroxyl groups is 4. The fourth-order valence-corrected chi connectivity index (χ4v) is 5.19. The van der Waals surface area contributed by atoms with Crippen molar-refractivity contribution < 1.29 is 34.5 Å². The normalized spacial score (nSPS) is 25.7. The minimum Gasteiger partial charge on any atom is -0.486 e. The molecule has 2 aromatic carbocycles. The van der Waals surface area contributed by atoms with Crippen molar-refractivity contribution in [3.63, 3.8) is 0 Å². The van der Waals surface area contributed by atoms with Crippen LogP contribution in [-0.4, -0.2) is 70.1 Å². The van der Waals surface area contributed by atoms with Gasteiger partial charge in [0.2, 0.25) is 0 Å². The Balaban J connectivity index is 1.73. The van der Waals surface area contributed by atoms with Gasteiger partial charge in [-0.2, -0.15) is 0 Å². The second kappa shape index (κ2) is 11.3. The number of hydrogen-bond acceptors (Lipinski definition) is 7. The molecule has 9 heteroatoms. The number of ether oxygens (including phenoxy) is 2. The van der Waals surface area contributed by atoms with Gasteiger partial charge in [0.05, 0.1) is 6.61 Å². The molecule has 7 nitrogen and oxygen atoms in total. The summed E-state index contributed by atoms with van der Waals surface area (Å²) >= 11 is 6.40. The highest BCUT2D eigenvalue weighted by Gasteiger charge is 2.44. The molecule has 33 heavy (non-hydrogen) atoms. The smallest absolute Gasteiger partial charge is 0.141 e. The number of rotatable bonds is 9. The fourth-order valence-electron chi connectivity index (χ4n) is 3.81. The van der Waals surface area contributed by atoms with Gasteiger partial charge in [-0.25, -0.2) is 0 Å². The van der Waals surface area contributed by atoms with Gasteiger partial charge >= 0.3 is 0 Å². The summed E-state index contributed by atoms with van der Waals surface area (Å²) in [5, 5.41) is 40.5. The molecule has 0 aliphatic carbocycles. The van der Waals surface area contributed by atoms with E-state index in [2.05, 4.69) is 0 Å². The van der Waals surface area contributed by atoms with Crippen molar-refractivity contribution in [3.8, 4) is 5.75 Å². The van der Waals surface area contributed by atoms with E-state index in [4.69, 9.17) is 21.1 Å². The lowest BCUT2D eigenvalue weighted by atomic mass is 9.90. The highest BCUT2D eigenvalue weighted by molar-refractivity contribution is 7.63. The first-order valence-electron chi connectivity index (χ1n) is 11.1. The predicted octanol–water partition coefficient (Wildman–Crippen LogP) is 3.18. The molecule has 0 saturated carbocycles. The first-order chi connectivity index (χ1) is 15.7. The Morgan fingerprint density at radius 2 is 1.67 bits per heavy atom. The Morgan fingerprint density at radius 1 is 1.00 bits per heavy atom. The summed E-state index contributed by atoms with van der Waals surface area (Å²) in [6.07, 6.45) is -4.12. The lowest BCUT2D eigenvalue weighted by molar-refractivity contribution is -0.231. The molecule has 1 heterocycles. The van der Waals surface area contributed by atoms with E-state index in [1.807, 2.05) is 38.1 Å². The van der Waals surface area contributed by atoms with Gasteiger partial charge < -0.3 is 34.5 Å². The van der Waals surface area contributed by atoms with E-state index in [-0.39, 0.29) is 6.35 Å². The van der Waals surface area contributed by atoms with Crippen LogP contribution in [0.5, 0.6) is 5.75 Å². The lowest BCUT2D eigenvalue weighted by Crippen LogP contribution is -2.55. The van der Waals surface area contributed by atoms with Gasteiger partial charge in [0.1, 0.15) is 49.8 Å². The summed E-state index contributed by atoms with van der Waals surface area (Å²) in [5.41, 5.74) is 2.35. The van der Waals surface area contributed by atoms with E-state index in [0.29, 0.717) is 35.1 Å². The van der Waals surface area contributed by atoms with Crippen LogP contribution in [0.3, 0.4) is 0 Å². The molecule has 182 valence electrons. The predicted molar refractivity (Wildman–Crippen MR) is 128 cm³/mol. The van der Waals surface area contributed by atoms with E-state index in [1.54, 1.807) is 18.2 Å². The molecular formula is C24H32ClO7P. The van der Waals surface area contributed by atoms with Crippen LogP contribution in [0.15, 0.2) is 42.5 Å². The molecule has 0 amide bonds. The van der Waals surface area contributed by atoms with Gasteiger partial charge in [-0.15, -0.1) is 0 Å². The topological polar surface area (TPSA) is 116 Å². The van der Waals surface area contributed by atoms with Crippen LogP contribution in [-0.2, 0) is 15.7 Å². The average molecular weight is 499 g/mol. The molecule has 1 saturated heterocycles. The largest absolute Gasteiger partial charge is 0.486 e. The number of halogens is 1. The van der Waals surface area contributed by atoms with Gasteiger partial charge in [-0.3, -0.25) is 0 Å². The second-order valence-corrected chi connectivity index (χ2v) is 12.4. The molecule has 4 N–H and O–H groups in total. The minimum absolute atomic E-state index is 0.228. The maximum Gasteiger partial charge on any atom is 0.141 e. The van der Waals surface area contributed by atoms with E-state index < -0.39 is 44.3 Å². The van der Waals surface area contributed by atoms with Crippen molar-refractivity contribution >= 4 is 18.7 Å².